The second kappa shape index (κ2) is 8.91. The Kier molecular flexibility index (Phi) is 5.43. The summed E-state index contributed by atoms with van der Waals surface area (Å²) in [6.45, 7) is 2.28. The lowest BCUT2D eigenvalue weighted by Crippen LogP contribution is -2.35. The van der Waals surface area contributed by atoms with Gasteiger partial charge in [-0.1, -0.05) is 72.8 Å². The zero-order valence-electron chi connectivity index (χ0n) is 19.8. The van der Waals surface area contributed by atoms with E-state index in [9.17, 15) is 5.11 Å². The van der Waals surface area contributed by atoms with Crippen LogP contribution in [-0.4, -0.2) is 31.0 Å². The van der Waals surface area contributed by atoms with Gasteiger partial charge in [-0.2, -0.15) is 0 Å². The van der Waals surface area contributed by atoms with Crippen molar-refractivity contribution in [3.63, 3.8) is 0 Å². The number of benzene rings is 3. The number of anilines is 1. The lowest BCUT2D eigenvalue weighted by atomic mass is 9.86. The van der Waals surface area contributed by atoms with Gasteiger partial charge in [0, 0.05) is 29.5 Å². The molecule has 6 nitrogen and oxygen atoms in total. The van der Waals surface area contributed by atoms with E-state index in [0.29, 0.717) is 11.6 Å². The molecule has 0 aliphatic rings. The number of aryl methyl sites for hydroxylation is 1. The van der Waals surface area contributed by atoms with Gasteiger partial charge < -0.3 is 14.8 Å². The Labute approximate surface area is 209 Å². The van der Waals surface area contributed by atoms with E-state index < -0.39 is 5.60 Å². The molecule has 0 spiro atoms. The number of aliphatic hydroxyl groups is 1. The van der Waals surface area contributed by atoms with Crippen molar-refractivity contribution in [2.45, 2.75) is 12.5 Å². The molecule has 0 fully saturated rings. The van der Waals surface area contributed by atoms with Gasteiger partial charge in [0.1, 0.15) is 17.1 Å². The number of nitrogens with one attached hydrogen (secondary N) is 1. The van der Waals surface area contributed by atoms with Crippen molar-refractivity contribution in [1.82, 2.24) is 19.4 Å². The van der Waals surface area contributed by atoms with Crippen molar-refractivity contribution >= 4 is 22.4 Å². The molecule has 6 rings (SSSR count). The molecule has 0 aliphatic carbocycles. The summed E-state index contributed by atoms with van der Waals surface area (Å²) in [6, 6.07) is 29.4. The Morgan fingerprint density at radius 1 is 0.861 bits per heavy atom. The largest absolute Gasteiger partial charge is 0.379 e. The third kappa shape index (κ3) is 3.87. The maximum Gasteiger partial charge on any atom is 0.163 e. The molecule has 0 saturated heterocycles. The second-order valence-electron chi connectivity index (χ2n) is 8.92. The molecular formula is C30H25N5O. The molecule has 0 saturated carbocycles. The van der Waals surface area contributed by atoms with Gasteiger partial charge in [-0.25, -0.2) is 15.0 Å². The third-order valence-corrected chi connectivity index (χ3v) is 6.60. The van der Waals surface area contributed by atoms with E-state index in [-0.39, 0.29) is 6.54 Å². The van der Waals surface area contributed by atoms with Gasteiger partial charge in [0.15, 0.2) is 5.82 Å². The zero-order valence-corrected chi connectivity index (χ0v) is 19.8. The Morgan fingerprint density at radius 2 is 1.53 bits per heavy atom. The Hall–Kier alpha value is -4.55. The fraction of sp³-hybridized carbons (Fsp3) is 0.100. The zero-order chi connectivity index (χ0) is 24.5. The van der Waals surface area contributed by atoms with Crippen molar-refractivity contribution in [2.24, 2.45) is 0 Å². The summed E-state index contributed by atoms with van der Waals surface area (Å²) in [5.74, 6) is 1.29. The fourth-order valence-corrected chi connectivity index (χ4v) is 4.63. The topological polar surface area (TPSA) is 75.3 Å². The highest BCUT2D eigenvalue weighted by Gasteiger charge is 2.31. The van der Waals surface area contributed by atoms with Crippen LogP contribution in [0.25, 0.3) is 27.9 Å². The van der Waals surface area contributed by atoms with Gasteiger partial charge in [-0.15, -0.1) is 0 Å². The summed E-state index contributed by atoms with van der Waals surface area (Å²) in [7, 11) is 0. The quantitative estimate of drug-likeness (QED) is 0.331. The molecule has 6 aromatic rings. The van der Waals surface area contributed by atoms with Crippen molar-refractivity contribution in [1.29, 1.82) is 0 Å². The first-order valence-corrected chi connectivity index (χ1v) is 11.9. The molecular weight excluding hydrogens is 446 g/mol. The van der Waals surface area contributed by atoms with Crippen molar-refractivity contribution in [3.8, 4) is 11.4 Å². The SMILES string of the molecule is Cc1cc2nccn2cc1-c1nc(NCC(O)(c2ccccc2)c2ccccc2)c2ccccc2n1. The molecule has 0 bridgehead atoms. The standard InChI is InChI=1S/C30H25N5O/c1-21-18-27-31-16-17-35(27)19-25(21)29-33-26-15-9-8-14-24(26)28(34-29)32-20-30(36,22-10-4-2-5-11-22)23-12-6-3-7-13-23/h2-19,36H,20H2,1H3,(H,32,33,34). The van der Waals surface area contributed by atoms with E-state index in [2.05, 4.69) is 10.3 Å². The predicted octanol–water partition coefficient (Wildman–Crippen LogP) is 5.60. The second-order valence-corrected chi connectivity index (χ2v) is 8.92. The Bertz CT molecular complexity index is 1620. The molecule has 3 aromatic heterocycles. The summed E-state index contributed by atoms with van der Waals surface area (Å²) < 4.78 is 1.97. The summed E-state index contributed by atoms with van der Waals surface area (Å²) in [5, 5.41) is 16.4. The minimum Gasteiger partial charge on any atom is -0.379 e. The van der Waals surface area contributed by atoms with Crippen LogP contribution in [0.15, 0.2) is 110 Å². The van der Waals surface area contributed by atoms with Crippen LogP contribution in [0, 0.1) is 6.92 Å². The molecule has 0 atom stereocenters. The van der Waals surface area contributed by atoms with Gasteiger partial charge in [0.25, 0.3) is 0 Å². The van der Waals surface area contributed by atoms with Gasteiger partial charge >= 0.3 is 0 Å². The van der Waals surface area contributed by atoms with Crippen molar-refractivity contribution in [3.05, 3.63) is 126 Å². The van der Waals surface area contributed by atoms with Gasteiger partial charge in [0.05, 0.1) is 12.1 Å². The smallest absolute Gasteiger partial charge is 0.163 e. The maximum absolute atomic E-state index is 12.0. The molecule has 176 valence electrons. The number of imidazole rings is 1. The average Bonchev–Trinajstić information content (AvgIpc) is 3.39. The highest BCUT2D eigenvalue weighted by atomic mass is 16.3. The molecule has 0 aliphatic heterocycles. The minimum atomic E-state index is -1.25. The van der Waals surface area contributed by atoms with E-state index in [4.69, 9.17) is 9.97 Å². The Balaban J connectivity index is 1.45. The van der Waals surface area contributed by atoms with E-state index in [1.54, 1.807) is 6.20 Å². The van der Waals surface area contributed by atoms with E-state index in [1.165, 1.54) is 0 Å². The van der Waals surface area contributed by atoms with Crippen LogP contribution in [0.5, 0.6) is 0 Å². The monoisotopic (exact) mass is 471 g/mol. The minimum absolute atomic E-state index is 0.237. The molecule has 36 heavy (non-hydrogen) atoms. The van der Waals surface area contributed by atoms with Crippen LogP contribution < -0.4 is 5.32 Å². The first-order valence-electron chi connectivity index (χ1n) is 11.9. The number of rotatable bonds is 6. The van der Waals surface area contributed by atoms with E-state index in [0.717, 1.165) is 38.8 Å². The van der Waals surface area contributed by atoms with Gasteiger partial charge in [-0.3, -0.25) is 0 Å². The third-order valence-electron chi connectivity index (χ3n) is 6.60. The molecule has 2 N–H and O–H groups in total. The number of para-hydroxylation sites is 1. The van der Waals surface area contributed by atoms with Crippen LogP contribution in [-0.2, 0) is 5.60 Å². The van der Waals surface area contributed by atoms with Crippen LogP contribution >= 0.6 is 0 Å². The van der Waals surface area contributed by atoms with Crippen LogP contribution in [0.1, 0.15) is 16.7 Å². The number of aromatic nitrogens is 4. The summed E-state index contributed by atoms with van der Waals surface area (Å²) in [4.78, 5) is 14.2. The molecule has 3 aromatic carbocycles. The maximum atomic E-state index is 12.0. The molecule has 0 radical (unpaired) electrons. The predicted molar refractivity (Wildman–Crippen MR) is 143 cm³/mol. The highest BCUT2D eigenvalue weighted by molar-refractivity contribution is 5.90. The van der Waals surface area contributed by atoms with Crippen LogP contribution in [0.3, 0.4) is 0 Å². The normalized spacial score (nSPS) is 11.7. The van der Waals surface area contributed by atoms with Gasteiger partial charge in [0.2, 0.25) is 0 Å². The lowest BCUT2D eigenvalue weighted by Gasteiger charge is -2.30. The number of pyridine rings is 1. The number of hydrogen-bond donors (Lipinski definition) is 2. The molecule has 0 unspecified atom stereocenters. The lowest BCUT2D eigenvalue weighted by molar-refractivity contribution is 0.0949. The molecule has 0 amide bonds. The summed E-state index contributed by atoms with van der Waals surface area (Å²) >= 11 is 0. The number of fused-ring (bicyclic) bond motifs is 2. The number of hydrogen-bond acceptors (Lipinski definition) is 5. The summed E-state index contributed by atoms with van der Waals surface area (Å²) in [6.07, 6.45) is 5.70. The molecule has 6 heteroatoms. The first kappa shape index (κ1) is 21.9. The summed E-state index contributed by atoms with van der Waals surface area (Å²) in [5.41, 5.74) is 4.05. The van der Waals surface area contributed by atoms with E-state index >= 15 is 0 Å². The average molecular weight is 472 g/mol. The van der Waals surface area contributed by atoms with Gasteiger partial charge in [-0.05, 0) is 41.8 Å². The highest BCUT2D eigenvalue weighted by Crippen LogP contribution is 2.32. The van der Waals surface area contributed by atoms with Crippen molar-refractivity contribution in [2.75, 3.05) is 11.9 Å². The van der Waals surface area contributed by atoms with E-state index in [1.807, 2.05) is 115 Å². The number of nitrogens with zero attached hydrogens (tertiary/aromatic N) is 4. The molecule has 3 heterocycles. The fourth-order valence-electron chi connectivity index (χ4n) is 4.63. The first-order chi connectivity index (χ1) is 17.6. The van der Waals surface area contributed by atoms with Crippen LogP contribution in [0.2, 0.25) is 0 Å². The Morgan fingerprint density at radius 3 is 2.25 bits per heavy atom. The van der Waals surface area contributed by atoms with Crippen LogP contribution in [0.4, 0.5) is 5.82 Å². The van der Waals surface area contributed by atoms with Crippen molar-refractivity contribution < 1.29 is 5.11 Å².